The quantitative estimate of drug-likeness (QED) is 0.671. The molecule has 0 saturated heterocycles. The maximum atomic E-state index is 14.2. The number of carbonyl (C=O) groups is 2. The van der Waals surface area contributed by atoms with Crippen LogP contribution in [0.2, 0.25) is 0 Å². The Bertz CT molecular complexity index is 896. The molecule has 0 radical (unpaired) electrons. The fourth-order valence-corrected chi connectivity index (χ4v) is 4.20. The normalized spacial score (nSPS) is 33.0. The molecule has 0 bridgehead atoms. The van der Waals surface area contributed by atoms with Gasteiger partial charge in [0, 0.05) is 24.6 Å². The van der Waals surface area contributed by atoms with E-state index in [9.17, 15) is 23.5 Å². The minimum absolute atomic E-state index is 0.0614. The van der Waals surface area contributed by atoms with Crippen molar-refractivity contribution in [1.82, 2.24) is 10.2 Å². The largest absolute Gasteiger partial charge is 0.390 e. The van der Waals surface area contributed by atoms with E-state index in [-0.39, 0.29) is 31.5 Å². The number of terminal acetylenes is 1. The van der Waals surface area contributed by atoms with Crippen molar-refractivity contribution in [3.63, 3.8) is 0 Å². The highest BCUT2D eigenvalue weighted by Crippen LogP contribution is 2.50. The van der Waals surface area contributed by atoms with E-state index >= 15 is 0 Å². The van der Waals surface area contributed by atoms with Gasteiger partial charge in [-0.05, 0) is 50.3 Å². The molecule has 0 heterocycles. The molecule has 3 fully saturated rings. The molecule has 2 atom stereocenters. The van der Waals surface area contributed by atoms with Crippen LogP contribution in [-0.4, -0.2) is 52.7 Å². The number of amides is 2. The molecule has 4 rings (SSSR count). The summed E-state index contributed by atoms with van der Waals surface area (Å²) in [4.78, 5) is 26.8. The van der Waals surface area contributed by atoms with Crippen LogP contribution in [0.3, 0.4) is 0 Å². The fraction of sp³-hybridized carbons (Fsp3) is 0.565. The maximum Gasteiger partial charge on any atom is 0.254 e. The lowest BCUT2D eigenvalue weighted by Crippen LogP contribution is -2.55. The molecular formula is C23H26F2N2O3. The van der Waals surface area contributed by atoms with Gasteiger partial charge in [-0.2, -0.15) is 0 Å². The molecule has 2 amide bonds. The summed E-state index contributed by atoms with van der Waals surface area (Å²) in [5.41, 5.74) is -2.31. The number of halogens is 2. The Labute approximate surface area is 174 Å². The molecular weight excluding hydrogens is 390 g/mol. The number of rotatable bonds is 7. The highest BCUT2D eigenvalue weighted by Gasteiger charge is 2.56. The van der Waals surface area contributed by atoms with Crippen molar-refractivity contribution in [2.45, 2.75) is 62.5 Å². The fourth-order valence-electron chi connectivity index (χ4n) is 4.20. The van der Waals surface area contributed by atoms with E-state index in [1.807, 2.05) is 0 Å². The van der Waals surface area contributed by atoms with Crippen LogP contribution in [0.15, 0.2) is 24.3 Å². The van der Waals surface area contributed by atoms with Crippen LogP contribution < -0.4 is 5.32 Å². The molecule has 2 N–H and O–H groups in total. The third-order valence-electron chi connectivity index (χ3n) is 6.44. The molecule has 7 heteroatoms. The summed E-state index contributed by atoms with van der Waals surface area (Å²) in [5.74, 6) is 1.61. The Balaban J connectivity index is 1.46. The number of nitrogens with one attached hydrogen (secondary N) is 1. The number of hydrogen-bond donors (Lipinski definition) is 2. The minimum atomic E-state index is -1.30. The van der Waals surface area contributed by atoms with Gasteiger partial charge in [0.15, 0.2) is 0 Å². The van der Waals surface area contributed by atoms with Gasteiger partial charge in [-0.3, -0.25) is 9.59 Å². The molecule has 0 aliphatic heterocycles. The number of alkyl halides is 2. The van der Waals surface area contributed by atoms with Gasteiger partial charge in [-0.15, -0.1) is 6.42 Å². The predicted molar refractivity (Wildman–Crippen MR) is 107 cm³/mol. The summed E-state index contributed by atoms with van der Waals surface area (Å²) < 4.78 is 28.1. The van der Waals surface area contributed by atoms with Crippen LogP contribution in [-0.2, 0) is 10.5 Å². The zero-order valence-corrected chi connectivity index (χ0v) is 17.0. The van der Waals surface area contributed by atoms with Crippen LogP contribution in [0, 0.1) is 17.8 Å². The maximum absolute atomic E-state index is 14.2. The molecule has 3 saturated carbocycles. The number of aliphatic hydroxyl groups is 1. The highest BCUT2D eigenvalue weighted by molar-refractivity contribution is 5.96. The average molecular weight is 416 g/mol. The molecule has 3 aliphatic rings. The van der Waals surface area contributed by atoms with Crippen molar-refractivity contribution in [3.05, 3.63) is 35.4 Å². The van der Waals surface area contributed by atoms with Crippen molar-refractivity contribution >= 4 is 11.8 Å². The Morgan fingerprint density at radius 1 is 1.27 bits per heavy atom. The minimum Gasteiger partial charge on any atom is -0.390 e. The van der Waals surface area contributed by atoms with Crippen molar-refractivity contribution in [2.75, 3.05) is 13.1 Å². The highest BCUT2D eigenvalue weighted by atomic mass is 19.1. The summed E-state index contributed by atoms with van der Waals surface area (Å²) >= 11 is 0. The lowest BCUT2D eigenvalue weighted by Gasteiger charge is -2.41. The van der Waals surface area contributed by atoms with E-state index in [0.717, 1.165) is 0 Å². The van der Waals surface area contributed by atoms with Gasteiger partial charge in [0.05, 0.1) is 17.6 Å². The van der Waals surface area contributed by atoms with Crippen molar-refractivity contribution in [2.24, 2.45) is 5.41 Å². The first kappa shape index (κ1) is 20.8. The van der Waals surface area contributed by atoms with Gasteiger partial charge in [0.2, 0.25) is 5.91 Å². The Hall–Kier alpha value is -2.46. The van der Waals surface area contributed by atoms with Gasteiger partial charge < -0.3 is 15.3 Å². The molecule has 0 spiro atoms. The van der Waals surface area contributed by atoms with E-state index in [1.165, 1.54) is 17.0 Å². The van der Waals surface area contributed by atoms with Gasteiger partial charge in [-0.1, -0.05) is 18.1 Å². The van der Waals surface area contributed by atoms with Crippen LogP contribution in [0.5, 0.6) is 0 Å². The SMILES string of the molecule is C#C[C@@]1(CN(CC(=O)NC2CC(C)(O)C2)C(=O)c2ccc(C3(F)CC3)cc2)C[C@@H]1F. The third-order valence-corrected chi connectivity index (χ3v) is 6.44. The predicted octanol–water partition coefficient (Wildman–Crippen LogP) is 2.48. The van der Waals surface area contributed by atoms with E-state index in [4.69, 9.17) is 6.42 Å². The zero-order valence-electron chi connectivity index (χ0n) is 17.0. The van der Waals surface area contributed by atoms with Gasteiger partial charge in [-0.25, -0.2) is 8.78 Å². The molecule has 160 valence electrons. The van der Waals surface area contributed by atoms with Crippen molar-refractivity contribution < 1.29 is 23.5 Å². The van der Waals surface area contributed by atoms with Crippen LogP contribution in [0.25, 0.3) is 0 Å². The first-order valence-electron chi connectivity index (χ1n) is 10.3. The number of benzene rings is 1. The number of hydrogen-bond acceptors (Lipinski definition) is 3. The van der Waals surface area contributed by atoms with Gasteiger partial charge in [0.1, 0.15) is 11.8 Å². The van der Waals surface area contributed by atoms with E-state index in [1.54, 1.807) is 19.1 Å². The Morgan fingerprint density at radius 3 is 2.33 bits per heavy atom. The first-order valence-corrected chi connectivity index (χ1v) is 10.3. The number of nitrogens with zero attached hydrogens (tertiary/aromatic N) is 1. The second kappa shape index (κ2) is 7.05. The second-order valence-corrected chi connectivity index (χ2v) is 9.35. The molecule has 1 aromatic carbocycles. The summed E-state index contributed by atoms with van der Waals surface area (Å²) in [6, 6.07) is 6.09. The Kier molecular flexibility index (Phi) is 4.89. The zero-order chi connectivity index (χ0) is 21.7. The van der Waals surface area contributed by atoms with Crippen LogP contribution >= 0.6 is 0 Å². The summed E-state index contributed by atoms with van der Waals surface area (Å²) in [6.45, 7) is 1.38. The van der Waals surface area contributed by atoms with Gasteiger partial charge in [0.25, 0.3) is 5.91 Å². The number of carbonyl (C=O) groups excluding carboxylic acids is 2. The van der Waals surface area contributed by atoms with Crippen molar-refractivity contribution in [1.29, 1.82) is 0 Å². The Morgan fingerprint density at radius 2 is 1.87 bits per heavy atom. The van der Waals surface area contributed by atoms with E-state index < -0.39 is 28.8 Å². The average Bonchev–Trinajstić information content (AvgIpc) is 3.57. The molecule has 3 aliphatic carbocycles. The lowest BCUT2D eigenvalue weighted by molar-refractivity contribution is -0.125. The van der Waals surface area contributed by atoms with E-state index in [0.29, 0.717) is 36.8 Å². The topological polar surface area (TPSA) is 69.6 Å². The lowest BCUT2D eigenvalue weighted by atomic mass is 9.77. The summed E-state index contributed by atoms with van der Waals surface area (Å²) in [7, 11) is 0. The molecule has 30 heavy (non-hydrogen) atoms. The van der Waals surface area contributed by atoms with Crippen LogP contribution in [0.4, 0.5) is 8.78 Å². The molecule has 0 unspecified atom stereocenters. The summed E-state index contributed by atoms with van der Waals surface area (Å²) in [5, 5.41) is 12.6. The second-order valence-electron chi connectivity index (χ2n) is 9.35. The monoisotopic (exact) mass is 416 g/mol. The third kappa shape index (κ3) is 4.06. The van der Waals surface area contributed by atoms with Crippen molar-refractivity contribution in [3.8, 4) is 12.3 Å². The smallest absolute Gasteiger partial charge is 0.254 e. The van der Waals surface area contributed by atoms with Crippen LogP contribution in [0.1, 0.15) is 54.9 Å². The molecule has 1 aromatic rings. The van der Waals surface area contributed by atoms with Gasteiger partial charge >= 0.3 is 0 Å². The standard InChI is InChI=1S/C23H26F2N2O3/c1-3-22(12-18(22)24)14-27(13-19(28)26-17-10-21(2,30)11-17)20(29)15-4-6-16(7-5-15)23(25)8-9-23/h1,4-7,17-18,30H,8-14H2,2H3,(H,26,28)/t17?,18-,21?,22-/m0/s1. The summed E-state index contributed by atoms with van der Waals surface area (Å²) in [6.07, 6.45) is 6.29. The molecule has 5 nitrogen and oxygen atoms in total. The molecule has 0 aromatic heterocycles. The first-order chi connectivity index (χ1) is 14.1. The van der Waals surface area contributed by atoms with E-state index in [2.05, 4.69) is 11.2 Å².